The number of rotatable bonds is 4. The molecular weight excluding hydrogens is 280 g/mol. The number of aryl methyl sites for hydroxylation is 1. The molecule has 1 aromatic heterocycles. The molecule has 114 valence electrons. The number of hydrogen-bond donors (Lipinski definition) is 2. The van der Waals surface area contributed by atoms with Gasteiger partial charge in [0.1, 0.15) is 23.2 Å². The van der Waals surface area contributed by atoms with Crippen molar-refractivity contribution in [2.45, 2.75) is 26.2 Å². The van der Waals surface area contributed by atoms with Crippen molar-refractivity contribution in [1.82, 2.24) is 0 Å². The van der Waals surface area contributed by atoms with Crippen LogP contribution in [0.4, 0.5) is 0 Å². The van der Waals surface area contributed by atoms with Crippen LogP contribution in [0.15, 0.2) is 52.9 Å². The van der Waals surface area contributed by atoms with Crippen molar-refractivity contribution in [1.29, 1.82) is 0 Å². The van der Waals surface area contributed by atoms with E-state index in [1.165, 1.54) is 0 Å². The highest BCUT2D eigenvalue weighted by Crippen LogP contribution is 2.33. The van der Waals surface area contributed by atoms with Gasteiger partial charge in [-0.05, 0) is 37.6 Å². The molecule has 4 heteroatoms. The van der Waals surface area contributed by atoms with Gasteiger partial charge < -0.3 is 19.4 Å². The second kappa shape index (κ2) is 5.83. The molecular formula is C18H18O4. The zero-order valence-electron chi connectivity index (χ0n) is 12.5. The molecule has 0 fully saturated rings. The standard InChI is InChI=1S/C18H18O4/c1-11(13-6-4-3-5-7-13)21-14-8-9-16-15(10-14)17(18(19)20)12(2)22-16/h3-11,18-20H,1-2H3. The van der Waals surface area contributed by atoms with Gasteiger partial charge in [-0.15, -0.1) is 0 Å². The number of aliphatic hydroxyl groups is 2. The van der Waals surface area contributed by atoms with Crippen molar-refractivity contribution in [2.24, 2.45) is 0 Å². The van der Waals surface area contributed by atoms with Gasteiger partial charge >= 0.3 is 0 Å². The minimum absolute atomic E-state index is 0.103. The third-order valence-corrected chi connectivity index (χ3v) is 3.72. The van der Waals surface area contributed by atoms with Crippen LogP contribution in [0.25, 0.3) is 11.0 Å². The number of hydrogen-bond acceptors (Lipinski definition) is 4. The molecule has 0 bridgehead atoms. The number of fused-ring (bicyclic) bond motifs is 1. The summed E-state index contributed by atoms with van der Waals surface area (Å²) in [5, 5.41) is 19.7. The van der Waals surface area contributed by atoms with E-state index in [-0.39, 0.29) is 6.10 Å². The van der Waals surface area contributed by atoms with Gasteiger partial charge in [0.25, 0.3) is 0 Å². The Morgan fingerprint density at radius 2 is 1.77 bits per heavy atom. The Bertz CT molecular complexity index is 774. The smallest absolute Gasteiger partial charge is 0.182 e. The average molecular weight is 298 g/mol. The Balaban J connectivity index is 1.93. The quantitative estimate of drug-likeness (QED) is 0.718. The van der Waals surface area contributed by atoms with Crippen molar-refractivity contribution in [3.63, 3.8) is 0 Å². The van der Waals surface area contributed by atoms with E-state index in [0.717, 1.165) is 5.56 Å². The molecule has 1 heterocycles. The van der Waals surface area contributed by atoms with Crippen LogP contribution in [-0.2, 0) is 0 Å². The molecule has 3 rings (SSSR count). The molecule has 0 aliphatic carbocycles. The summed E-state index contributed by atoms with van der Waals surface area (Å²) in [6.45, 7) is 3.68. The van der Waals surface area contributed by atoms with E-state index in [9.17, 15) is 10.2 Å². The van der Waals surface area contributed by atoms with Crippen molar-refractivity contribution in [3.05, 3.63) is 65.4 Å². The molecule has 0 saturated heterocycles. The van der Waals surface area contributed by atoms with Gasteiger partial charge in [-0.3, -0.25) is 0 Å². The normalized spacial score (nSPS) is 12.8. The van der Waals surface area contributed by atoms with Gasteiger partial charge in [0.05, 0.1) is 5.56 Å². The first-order chi connectivity index (χ1) is 10.6. The fourth-order valence-corrected chi connectivity index (χ4v) is 2.61. The minimum atomic E-state index is -1.57. The third-order valence-electron chi connectivity index (χ3n) is 3.72. The summed E-state index contributed by atoms with van der Waals surface area (Å²) in [4.78, 5) is 0. The number of aliphatic hydroxyl groups excluding tert-OH is 1. The number of ether oxygens (including phenoxy) is 1. The first kappa shape index (κ1) is 14.6. The zero-order valence-corrected chi connectivity index (χ0v) is 12.5. The van der Waals surface area contributed by atoms with Crippen LogP contribution < -0.4 is 4.74 Å². The van der Waals surface area contributed by atoms with Gasteiger partial charge in [0.2, 0.25) is 0 Å². The molecule has 4 nitrogen and oxygen atoms in total. The molecule has 3 aromatic rings. The van der Waals surface area contributed by atoms with Gasteiger partial charge in [0.15, 0.2) is 6.29 Å². The highest BCUT2D eigenvalue weighted by atomic mass is 16.5. The van der Waals surface area contributed by atoms with E-state index in [4.69, 9.17) is 9.15 Å². The van der Waals surface area contributed by atoms with E-state index < -0.39 is 6.29 Å². The fraction of sp³-hybridized carbons (Fsp3) is 0.222. The topological polar surface area (TPSA) is 62.8 Å². The Morgan fingerprint density at radius 3 is 2.45 bits per heavy atom. The monoisotopic (exact) mass is 298 g/mol. The highest BCUT2D eigenvalue weighted by molar-refractivity contribution is 5.84. The molecule has 22 heavy (non-hydrogen) atoms. The summed E-state index contributed by atoms with van der Waals surface area (Å²) in [6.07, 6.45) is -1.67. The van der Waals surface area contributed by atoms with Gasteiger partial charge in [-0.25, -0.2) is 0 Å². The molecule has 0 radical (unpaired) electrons. The lowest BCUT2D eigenvalue weighted by Gasteiger charge is -2.15. The number of furan rings is 1. The summed E-state index contributed by atoms with van der Waals surface area (Å²) in [5.74, 6) is 1.16. The van der Waals surface area contributed by atoms with Gasteiger partial charge in [0, 0.05) is 5.39 Å². The van der Waals surface area contributed by atoms with Crippen LogP contribution in [0, 0.1) is 6.92 Å². The molecule has 2 aromatic carbocycles. The molecule has 0 spiro atoms. The molecule has 1 atom stereocenters. The zero-order chi connectivity index (χ0) is 15.7. The lowest BCUT2D eigenvalue weighted by Crippen LogP contribution is -2.02. The van der Waals surface area contributed by atoms with Crippen LogP contribution in [0.1, 0.15) is 36.2 Å². The van der Waals surface area contributed by atoms with Gasteiger partial charge in [-0.2, -0.15) is 0 Å². The van der Waals surface area contributed by atoms with Crippen LogP contribution in [0.5, 0.6) is 5.75 Å². The Morgan fingerprint density at radius 1 is 1.05 bits per heavy atom. The molecule has 0 aliphatic heterocycles. The van der Waals surface area contributed by atoms with Crippen LogP contribution in [0.3, 0.4) is 0 Å². The highest BCUT2D eigenvalue weighted by Gasteiger charge is 2.17. The average Bonchev–Trinajstić information content (AvgIpc) is 2.83. The summed E-state index contributed by atoms with van der Waals surface area (Å²) in [7, 11) is 0. The van der Waals surface area contributed by atoms with Crippen LogP contribution >= 0.6 is 0 Å². The first-order valence-electron chi connectivity index (χ1n) is 7.17. The van der Waals surface area contributed by atoms with Gasteiger partial charge in [-0.1, -0.05) is 30.3 Å². The second-order valence-corrected chi connectivity index (χ2v) is 5.27. The van der Waals surface area contributed by atoms with E-state index in [0.29, 0.717) is 28.0 Å². The summed E-state index contributed by atoms with van der Waals surface area (Å²) in [6, 6.07) is 15.3. The predicted octanol–water partition coefficient (Wildman–Crippen LogP) is 3.86. The fourth-order valence-electron chi connectivity index (χ4n) is 2.61. The molecule has 2 N–H and O–H groups in total. The van der Waals surface area contributed by atoms with E-state index >= 15 is 0 Å². The predicted molar refractivity (Wildman–Crippen MR) is 83.6 cm³/mol. The van der Waals surface area contributed by atoms with Crippen LogP contribution in [0.2, 0.25) is 0 Å². The molecule has 0 aliphatic rings. The molecule has 0 amide bonds. The lowest BCUT2D eigenvalue weighted by molar-refractivity contribution is -0.0423. The molecule has 0 saturated carbocycles. The maximum absolute atomic E-state index is 9.50. The molecule has 1 unspecified atom stereocenters. The second-order valence-electron chi connectivity index (χ2n) is 5.27. The lowest BCUT2D eigenvalue weighted by atomic mass is 10.1. The van der Waals surface area contributed by atoms with E-state index in [2.05, 4.69) is 0 Å². The maximum Gasteiger partial charge on any atom is 0.182 e. The van der Waals surface area contributed by atoms with E-state index in [1.54, 1.807) is 19.1 Å². The number of benzene rings is 2. The first-order valence-corrected chi connectivity index (χ1v) is 7.17. The van der Waals surface area contributed by atoms with Crippen LogP contribution in [-0.4, -0.2) is 10.2 Å². The summed E-state index contributed by atoms with van der Waals surface area (Å²) in [5.41, 5.74) is 2.07. The van der Waals surface area contributed by atoms with Crippen molar-refractivity contribution < 1.29 is 19.4 Å². The SMILES string of the molecule is Cc1oc2ccc(OC(C)c3ccccc3)cc2c1C(O)O. The third kappa shape index (κ3) is 2.71. The Labute approximate surface area is 128 Å². The van der Waals surface area contributed by atoms with Crippen molar-refractivity contribution in [3.8, 4) is 5.75 Å². The maximum atomic E-state index is 9.50. The van der Waals surface area contributed by atoms with Crippen molar-refractivity contribution in [2.75, 3.05) is 0 Å². The Hall–Kier alpha value is -2.30. The van der Waals surface area contributed by atoms with E-state index in [1.807, 2.05) is 43.3 Å². The Kier molecular flexibility index (Phi) is 3.88. The summed E-state index contributed by atoms with van der Waals surface area (Å²) < 4.78 is 11.5. The largest absolute Gasteiger partial charge is 0.486 e. The summed E-state index contributed by atoms with van der Waals surface area (Å²) >= 11 is 0. The van der Waals surface area contributed by atoms with Crippen molar-refractivity contribution >= 4 is 11.0 Å². The minimum Gasteiger partial charge on any atom is -0.486 e.